The molecule has 0 spiro atoms. The maximum absolute atomic E-state index is 14.9. The number of esters is 2. The van der Waals surface area contributed by atoms with Crippen molar-refractivity contribution in [3.05, 3.63) is 119 Å². The van der Waals surface area contributed by atoms with Gasteiger partial charge >= 0.3 is 11.9 Å². The summed E-state index contributed by atoms with van der Waals surface area (Å²) in [6.07, 6.45) is -7.93. The molecule has 0 aromatic heterocycles. The van der Waals surface area contributed by atoms with Crippen LogP contribution in [0.2, 0.25) is 0 Å². The van der Waals surface area contributed by atoms with Gasteiger partial charge in [-0.3, -0.25) is 9.59 Å². The van der Waals surface area contributed by atoms with Gasteiger partial charge in [-0.05, 0) is 61.1 Å². The fraction of sp³-hybridized carbons (Fsp3) is 0.478. The molecule has 3 aromatic rings. The Morgan fingerprint density at radius 3 is 2.05 bits per heavy atom. The summed E-state index contributed by atoms with van der Waals surface area (Å²) >= 11 is 1.38. The van der Waals surface area contributed by atoms with Crippen LogP contribution in [0.15, 0.2) is 102 Å². The molecule has 3 aromatic carbocycles. The molecule has 11 atom stereocenters. The van der Waals surface area contributed by atoms with Crippen molar-refractivity contribution in [2.24, 2.45) is 16.7 Å². The summed E-state index contributed by atoms with van der Waals surface area (Å²) in [6, 6.07) is 23.9. The van der Waals surface area contributed by atoms with Crippen molar-refractivity contribution >= 4 is 35.4 Å². The Kier molecular flexibility index (Phi) is 17.6. The van der Waals surface area contributed by atoms with E-state index in [0.29, 0.717) is 11.1 Å². The number of hydrogen-bond donors (Lipinski definition) is 5. The summed E-state index contributed by atoms with van der Waals surface area (Å²) in [6.45, 7) is 5.47. The van der Waals surface area contributed by atoms with Gasteiger partial charge in [0.1, 0.15) is 36.3 Å². The number of Topliss-reactive ketones (excluding diaryl/α,β-unsaturated/α-hetero) is 1. The number of nitrogens with one attached hydrogen (secondary N) is 1. The van der Waals surface area contributed by atoms with E-state index in [0.717, 1.165) is 0 Å². The molecule has 63 heavy (non-hydrogen) atoms. The van der Waals surface area contributed by atoms with Gasteiger partial charge in [-0.1, -0.05) is 80.6 Å². The van der Waals surface area contributed by atoms with Crippen LogP contribution in [0.4, 0.5) is 0 Å². The van der Waals surface area contributed by atoms with Crippen LogP contribution in [-0.4, -0.2) is 117 Å². The molecular formula is C46H53Ac2NO13S. The minimum atomic E-state index is -2.30. The summed E-state index contributed by atoms with van der Waals surface area (Å²) in [5.74, 6) is -4.54. The zero-order valence-corrected chi connectivity index (χ0v) is 46.1. The van der Waals surface area contributed by atoms with Crippen LogP contribution in [0, 0.1) is 105 Å². The van der Waals surface area contributed by atoms with Crippen molar-refractivity contribution in [2.45, 2.75) is 94.4 Å². The zero-order valence-electron chi connectivity index (χ0n) is 35.8. The number of carbonyl (C=O) groups is 4. The quantitative estimate of drug-likeness (QED) is 0.0713. The summed E-state index contributed by atoms with van der Waals surface area (Å²) < 4.78 is 30.0. The molecule has 1 saturated heterocycles. The molecule has 4 aliphatic rings. The van der Waals surface area contributed by atoms with Crippen LogP contribution in [0.25, 0.3) is 0 Å². The molecule has 2 bridgehead atoms. The van der Waals surface area contributed by atoms with E-state index in [2.05, 4.69) is 5.32 Å². The van der Waals surface area contributed by atoms with Crippen molar-refractivity contribution in [3.8, 4) is 0 Å². The predicted molar refractivity (Wildman–Crippen MR) is 222 cm³/mol. The molecular weight excluding hydrogens is 1260 g/mol. The number of ketones is 1. The average molecular weight is 1310 g/mol. The molecule has 5 N–H and O–H groups in total. The van der Waals surface area contributed by atoms with E-state index in [1.54, 1.807) is 99.6 Å². The summed E-state index contributed by atoms with van der Waals surface area (Å²) in [7, 11) is 0. The number of carbonyl (C=O) groups excluding carboxylic acids is 4. The van der Waals surface area contributed by atoms with Gasteiger partial charge in [0.05, 0.1) is 41.8 Å². The van der Waals surface area contributed by atoms with Crippen molar-refractivity contribution in [1.29, 1.82) is 0 Å². The fourth-order valence-corrected chi connectivity index (χ4v) is 10.2. The number of fused-ring (bicyclic) bond motifs is 5. The first-order valence-electron chi connectivity index (χ1n) is 20.2. The van der Waals surface area contributed by atoms with Crippen LogP contribution in [0.5, 0.6) is 0 Å². The summed E-state index contributed by atoms with van der Waals surface area (Å²) in [4.78, 5) is 57.5. The van der Waals surface area contributed by atoms with Crippen molar-refractivity contribution in [1.82, 2.24) is 5.32 Å². The van der Waals surface area contributed by atoms with Crippen molar-refractivity contribution in [3.63, 3.8) is 0 Å². The van der Waals surface area contributed by atoms with Gasteiger partial charge in [0.25, 0.3) is 5.91 Å². The molecule has 17 heteroatoms. The zero-order chi connectivity index (χ0) is 43.9. The van der Waals surface area contributed by atoms with Crippen LogP contribution in [0.1, 0.15) is 72.9 Å². The van der Waals surface area contributed by atoms with E-state index in [1.807, 2.05) is 6.26 Å². The van der Waals surface area contributed by atoms with Gasteiger partial charge in [-0.25, -0.2) is 9.59 Å². The standard InChI is InChI=1S/C46H53NO13S.2Ac/c1-26-30(59-42(53)36(58-24-56-25-61-5)34(27-15-9-6-10-16-27)47-40(51)28-17-11-7-12-18-28)22-46(55)39(60-41(52)29-19-13-8-14-20-29)37-44(4,31(48)21-32-45(37,54)23-57-32)38(50)35(49)33(26)43(46,2)3;;/h6-20,30-32,34-37,39,48-49,54-55H,21-25H2,1-5H3,(H,47,51);;/t30?,31?,32?,34?,35?,36?,37?,39?,44-,45+,46?;;/m1../s1. The van der Waals surface area contributed by atoms with Crippen LogP contribution < -0.4 is 5.32 Å². The van der Waals surface area contributed by atoms with Gasteiger partial charge in [-0.15, -0.1) is 11.8 Å². The van der Waals surface area contributed by atoms with Crippen LogP contribution in [0.3, 0.4) is 0 Å². The molecule has 3 aliphatic carbocycles. The SMILES string of the molecule is CSCOCOC(C(=O)OC1CC2(O)C(OC(=O)c3ccccc3)C3[C@]4(O)COC4CC(O)[C@@]3(C)C(=O)C(O)C(=C1C)C2(C)C)C(NC(=O)c1ccccc1)c1ccccc1.[Ac].[Ac]. The molecule has 7 rings (SSSR count). The molecule has 332 valence electrons. The number of ether oxygens (including phenoxy) is 5. The first kappa shape index (κ1) is 52.4. The Morgan fingerprint density at radius 1 is 0.889 bits per heavy atom. The van der Waals surface area contributed by atoms with Crippen molar-refractivity contribution in [2.75, 3.05) is 25.6 Å². The Morgan fingerprint density at radius 2 is 1.48 bits per heavy atom. The van der Waals surface area contributed by atoms with E-state index in [4.69, 9.17) is 23.7 Å². The Balaban J connectivity index is 0.00000374. The van der Waals surface area contributed by atoms with E-state index >= 15 is 0 Å². The van der Waals surface area contributed by atoms with Crippen LogP contribution >= 0.6 is 11.8 Å². The number of amides is 1. The van der Waals surface area contributed by atoms with E-state index in [-0.39, 0.29) is 131 Å². The summed E-state index contributed by atoms with van der Waals surface area (Å²) in [5.41, 5.74) is -6.59. The number of benzene rings is 3. The van der Waals surface area contributed by atoms with Gasteiger partial charge in [0.2, 0.25) is 0 Å². The third kappa shape index (κ3) is 9.62. The molecule has 14 nitrogen and oxygen atoms in total. The van der Waals surface area contributed by atoms with Gasteiger partial charge in [0.15, 0.2) is 11.9 Å². The first-order valence-corrected chi connectivity index (χ1v) is 21.6. The Bertz CT molecular complexity index is 2150. The summed E-state index contributed by atoms with van der Waals surface area (Å²) in [5, 5.41) is 52.8. The smallest absolute Gasteiger partial charge is 0.338 e. The second kappa shape index (κ2) is 21.2. The molecule has 3 fully saturated rings. The second-order valence-corrected chi connectivity index (χ2v) is 17.9. The van der Waals surface area contributed by atoms with Gasteiger partial charge < -0.3 is 49.4 Å². The fourth-order valence-electron chi connectivity index (χ4n) is 9.93. The Hall–Kier alpha value is -1.57. The van der Waals surface area contributed by atoms with E-state index < -0.39 is 101 Å². The number of rotatable bonds is 13. The number of aliphatic hydroxyl groups excluding tert-OH is 2. The van der Waals surface area contributed by atoms with Gasteiger partial charge in [-0.2, -0.15) is 0 Å². The third-order valence-electron chi connectivity index (χ3n) is 13.4. The topological polar surface area (TPSA) is 207 Å². The van der Waals surface area contributed by atoms with Crippen LogP contribution in [-0.2, 0) is 33.3 Å². The van der Waals surface area contributed by atoms with Crippen molar-refractivity contribution < 1.29 is 151 Å². The molecule has 2 radical (unpaired) electrons. The van der Waals surface area contributed by atoms with E-state index in [9.17, 15) is 39.6 Å². The second-order valence-electron chi connectivity index (χ2n) is 17.1. The molecule has 1 amide bonds. The number of thioether (sulfide) groups is 1. The predicted octanol–water partition coefficient (Wildman–Crippen LogP) is 3.91. The molecule has 1 heterocycles. The monoisotopic (exact) mass is 1310 g/mol. The normalized spacial score (nSPS) is 31.4. The molecule has 1 aliphatic heterocycles. The largest absolute Gasteiger partial charge is 0.456 e. The number of aliphatic hydroxyl groups is 4. The minimum absolute atomic E-state index is 0. The molecule has 2 saturated carbocycles. The number of hydrogen-bond acceptors (Lipinski definition) is 14. The van der Waals surface area contributed by atoms with Gasteiger partial charge in [0, 0.05) is 118 Å². The average Bonchev–Trinajstić information content (AvgIpc) is 3.25. The van der Waals surface area contributed by atoms with E-state index in [1.165, 1.54) is 30.8 Å². The first-order chi connectivity index (χ1) is 29.0. The minimum Gasteiger partial charge on any atom is -0.456 e. The maximum atomic E-state index is 14.9. The Labute approximate surface area is 442 Å². The third-order valence-corrected chi connectivity index (χ3v) is 13.8. The molecule has 9 unspecified atom stereocenters. The maximum Gasteiger partial charge on any atom is 0.338 e.